The van der Waals surface area contributed by atoms with E-state index in [-0.39, 0.29) is 0 Å². The van der Waals surface area contributed by atoms with E-state index in [0.717, 1.165) is 22.3 Å². The molecule has 0 saturated carbocycles. The number of anilines is 1. The molecule has 0 bridgehead atoms. The molecular weight excluding hydrogens is 306 g/mol. The summed E-state index contributed by atoms with van der Waals surface area (Å²) in [5.41, 5.74) is 13.7. The highest BCUT2D eigenvalue weighted by atomic mass is 14.6. The fourth-order valence-corrected chi connectivity index (χ4v) is 3.72. The number of hydrogen-bond acceptors (Lipinski definition) is 3. The van der Waals surface area contributed by atoms with Crippen molar-refractivity contribution in [2.75, 3.05) is 5.73 Å². The maximum atomic E-state index is 9.74. The van der Waals surface area contributed by atoms with Gasteiger partial charge in [-0.2, -0.15) is 10.5 Å². The molecular formula is C22H15N3. The normalized spacial score (nSPS) is 11.8. The van der Waals surface area contributed by atoms with Gasteiger partial charge in [0.05, 0.1) is 16.8 Å². The molecule has 118 valence electrons. The summed E-state index contributed by atoms with van der Waals surface area (Å²) >= 11 is 0. The van der Waals surface area contributed by atoms with E-state index in [1.807, 2.05) is 42.5 Å². The number of fused-ring (bicyclic) bond motifs is 2. The lowest BCUT2D eigenvalue weighted by molar-refractivity contribution is 0.997. The van der Waals surface area contributed by atoms with Gasteiger partial charge in [0.1, 0.15) is 12.1 Å². The lowest BCUT2D eigenvalue weighted by atomic mass is 9.77. The Balaban J connectivity index is 2.09. The zero-order valence-electron chi connectivity index (χ0n) is 13.6. The van der Waals surface area contributed by atoms with Gasteiger partial charge in [0.25, 0.3) is 0 Å². The summed E-state index contributed by atoms with van der Waals surface area (Å²) in [6.45, 7) is 0. The lowest BCUT2D eigenvalue weighted by Crippen LogP contribution is -2.14. The summed E-state index contributed by atoms with van der Waals surface area (Å²) in [5, 5.41) is 19.4. The van der Waals surface area contributed by atoms with Crippen LogP contribution in [-0.4, -0.2) is 0 Å². The number of nitriles is 2. The van der Waals surface area contributed by atoms with E-state index in [2.05, 4.69) is 24.3 Å². The van der Waals surface area contributed by atoms with E-state index in [9.17, 15) is 10.5 Å². The zero-order chi connectivity index (χ0) is 17.4. The van der Waals surface area contributed by atoms with Crippen LogP contribution in [0, 0.1) is 22.7 Å². The fraction of sp³-hybridized carbons (Fsp3) is 0.0909. The molecule has 0 saturated heterocycles. The molecule has 0 aliphatic heterocycles. The molecule has 0 radical (unpaired) electrons. The van der Waals surface area contributed by atoms with Crippen LogP contribution in [0.4, 0.5) is 5.69 Å². The Bertz CT molecular complexity index is 1070. The number of nitrogen functional groups attached to an aromatic ring is 1. The molecule has 1 aliphatic carbocycles. The summed E-state index contributed by atoms with van der Waals surface area (Å²) in [7, 11) is 0. The van der Waals surface area contributed by atoms with Gasteiger partial charge in [-0.15, -0.1) is 0 Å². The number of benzene rings is 3. The number of hydrogen-bond donors (Lipinski definition) is 1. The second kappa shape index (κ2) is 5.82. The SMILES string of the molecule is N#Cc1c(N)c(C#N)c(-c2ccccc2)c2c1Cc1ccccc1C2. The van der Waals surface area contributed by atoms with Crippen molar-refractivity contribution < 1.29 is 0 Å². The van der Waals surface area contributed by atoms with Crippen molar-refractivity contribution in [1.29, 1.82) is 10.5 Å². The predicted molar refractivity (Wildman–Crippen MR) is 97.8 cm³/mol. The highest BCUT2D eigenvalue weighted by molar-refractivity contribution is 5.86. The minimum atomic E-state index is 0.294. The van der Waals surface area contributed by atoms with Crippen LogP contribution in [0.5, 0.6) is 0 Å². The first kappa shape index (κ1) is 15.0. The molecule has 3 nitrogen and oxygen atoms in total. The number of nitrogens with two attached hydrogens (primary N) is 1. The van der Waals surface area contributed by atoms with Crippen molar-refractivity contribution in [3.63, 3.8) is 0 Å². The Morgan fingerprint density at radius 1 is 0.720 bits per heavy atom. The molecule has 3 aromatic carbocycles. The maximum absolute atomic E-state index is 9.74. The highest BCUT2D eigenvalue weighted by Gasteiger charge is 2.27. The van der Waals surface area contributed by atoms with Crippen LogP contribution in [0.15, 0.2) is 54.6 Å². The Morgan fingerprint density at radius 3 is 1.88 bits per heavy atom. The van der Waals surface area contributed by atoms with Crippen molar-refractivity contribution in [3.8, 4) is 23.3 Å². The third kappa shape index (κ3) is 2.26. The van der Waals surface area contributed by atoms with Crippen LogP contribution >= 0.6 is 0 Å². The smallest absolute Gasteiger partial charge is 0.102 e. The molecule has 3 heteroatoms. The summed E-state index contributed by atoms with van der Waals surface area (Å²) in [5.74, 6) is 0. The molecule has 0 amide bonds. The standard InChI is InChI=1S/C22H15N3/c23-12-19-17-10-15-8-4-5-9-16(15)11-18(17)21(20(13-24)22(19)25)14-6-2-1-3-7-14/h1-9H,10-11,25H2. The van der Waals surface area contributed by atoms with E-state index >= 15 is 0 Å². The van der Waals surface area contributed by atoms with Gasteiger partial charge < -0.3 is 5.73 Å². The van der Waals surface area contributed by atoms with Crippen molar-refractivity contribution in [2.24, 2.45) is 0 Å². The summed E-state index contributed by atoms with van der Waals surface area (Å²) in [6.07, 6.45) is 1.38. The first-order valence-corrected chi connectivity index (χ1v) is 8.14. The van der Waals surface area contributed by atoms with E-state index in [1.165, 1.54) is 11.1 Å². The monoisotopic (exact) mass is 321 g/mol. The van der Waals surface area contributed by atoms with Crippen LogP contribution in [0.25, 0.3) is 11.1 Å². The molecule has 25 heavy (non-hydrogen) atoms. The second-order valence-electron chi connectivity index (χ2n) is 6.21. The molecule has 0 aromatic heterocycles. The average Bonchev–Trinajstić information content (AvgIpc) is 2.66. The van der Waals surface area contributed by atoms with Gasteiger partial charge in [0.15, 0.2) is 0 Å². The van der Waals surface area contributed by atoms with Crippen molar-refractivity contribution in [3.05, 3.63) is 88.0 Å². The third-order valence-electron chi connectivity index (χ3n) is 4.90. The quantitative estimate of drug-likeness (QED) is 0.535. The van der Waals surface area contributed by atoms with Gasteiger partial charge in [-0.3, -0.25) is 0 Å². The molecule has 4 rings (SSSR count). The minimum absolute atomic E-state index is 0.294. The van der Waals surface area contributed by atoms with E-state index in [4.69, 9.17) is 5.73 Å². The predicted octanol–water partition coefficient (Wildman–Crippen LogP) is 4.17. The number of rotatable bonds is 1. The molecule has 0 atom stereocenters. The van der Waals surface area contributed by atoms with Crippen LogP contribution in [0.3, 0.4) is 0 Å². The van der Waals surface area contributed by atoms with Crippen molar-refractivity contribution in [1.82, 2.24) is 0 Å². The largest absolute Gasteiger partial charge is 0.397 e. The van der Waals surface area contributed by atoms with Crippen LogP contribution in [0.2, 0.25) is 0 Å². The second-order valence-corrected chi connectivity index (χ2v) is 6.21. The lowest BCUT2D eigenvalue weighted by Gasteiger charge is -2.25. The van der Waals surface area contributed by atoms with Gasteiger partial charge in [-0.1, -0.05) is 54.6 Å². The van der Waals surface area contributed by atoms with Crippen molar-refractivity contribution >= 4 is 5.69 Å². The summed E-state index contributed by atoms with van der Waals surface area (Å²) in [4.78, 5) is 0. The van der Waals surface area contributed by atoms with Gasteiger partial charge in [0.2, 0.25) is 0 Å². The van der Waals surface area contributed by atoms with Crippen LogP contribution in [-0.2, 0) is 12.8 Å². The Morgan fingerprint density at radius 2 is 1.28 bits per heavy atom. The molecule has 1 aliphatic rings. The Kier molecular flexibility index (Phi) is 3.49. The minimum Gasteiger partial charge on any atom is -0.397 e. The maximum Gasteiger partial charge on any atom is 0.102 e. The Hall–Kier alpha value is -3.56. The van der Waals surface area contributed by atoms with E-state index < -0.39 is 0 Å². The fourth-order valence-electron chi connectivity index (χ4n) is 3.72. The first-order chi connectivity index (χ1) is 12.2. The van der Waals surface area contributed by atoms with Crippen LogP contribution < -0.4 is 5.73 Å². The average molecular weight is 321 g/mol. The molecule has 3 aromatic rings. The van der Waals surface area contributed by atoms with Gasteiger partial charge in [-0.05, 0) is 40.7 Å². The zero-order valence-corrected chi connectivity index (χ0v) is 13.6. The molecule has 0 spiro atoms. The number of nitrogens with zero attached hydrogens (tertiary/aromatic N) is 2. The molecule has 0 unspecified atom stereocenters. The molecule has 0 heterocycles. The topological polar surface area (TPSA) is 73.6 Å². The molecule has 0 fully saturated rings. The van der Waals surface area contributed by atoms with Gasteiger partial charge in [0, 0.05) is 5.56 Å². The first-order valence-electron chi connectivity index (χ1n) is 8.14. The highest BCUT2D eigenvalue weighted by Crippen LogP contribution is 2.41. The van der Waals surface area contributed by atoms with Crippen molar-refractivity contribution in [2.45, 2.75) is 12.8 Å². The van der Waals surface area contributed by atoms with E-state index in [0.29, 0.717) is 29.7 Å². The molecule has 2 N–H and O–H groups in total. The summed E-state index contributed by atoms with van der Waals surface area (Å²) < 4.78 is 0. The van der Waals surface area contributed by atoms with Crippen LogP contribution in [0.1, 0.15) is 33.4 Å². The summed E-state index contributed by atoms with van der Waals surface area (Å²) in [6, 6.07) is 22.5. The van der Waals surface area contributed by atoms with Gasteiger partial charge >= 0.3 is 0 Å². The van der Waals surface area contributed by atoms with Gasteiger partial charge in [-0.25, -0.2) is 0 Å². The third-order valence-corrected chi connectivity index (χ3v) is 4.90. The van der Waals surface area contributed by atoms with E-state index in [1.54, 1.807) is 0 Å². The Labute approximate surface area is 146 Å².